The van der Waals surface area contributed by atoms with Crippen molar-refractivity contribution in [1.29, 1.82) is 0 Å². The molecule has 1 amide bonds. The van der Waals surface area contributed by atoms with Gasteiger partial charge < -0.3 is 19.5 Å². The smallest absolute Gasteiger partial charge is 0.410 e. The summed E-state index contributed by atoms with van der Waals surface area (Å²) in [6, 6.07) is 16.3. The fourth-order valence-corrected chi connectivity index (χ4v) is 9.55. The molecule has 2 saturated heterocycles. The van der Waals surface area contributed by atoms with Gasteiger partial charge in [0.05, 0.1) is 12.7 Å². The Bertz CT molecular complexity index is 1220. The van der Waals surface area contributed by atoms with Gasteiger partial charge in [-0.05, 0) is 102 Å². The lowest BCUT2D eigenvalue weighted by atomic mass is 9.53. The zero-order valence-corrected chi connectivity index (χ0v) is 23.7. The van der Waals surface area contributed by atoms with E-state index in [2.05, 4.69) is 38.2 Å². The maximum Gasteiger partial charge on any atom is 0.412 e. The quantitative estimate of drug-likeness (QED) is 0.456. The Balaban J connectivity index is 1.04. The van der Waals surface area contributed by atoms with Crippen molar-refractivity contribution in [3.05, 3.63) is 65.2 Å². The van der Waals surface area contributed by atoms with E-state index in [0.717, 1.165) is 25.0 Å². The van der Waals surface area contributed by atoms with Crippen LogP contribution >= 0.6 is 0 Å². The molecular weight excluding hydrogens is 486 g/mol. The molecule has 0 bridgehead atoms. The number of nitrogens with one attached hydrogen (secondary N) is 1. The van der Waals surface area contributed by atoms with Gasteiger partial charge in [-0.2, -0.15) is 0 Å². The van der Waals surface area contributed by atoms with Gasteiger partial charge in [0.25, 0.3) is 0 Å². The molecule has 1 N–H and O–H groups in total. The standard InChI is InChI=1S/C34H43NO4/c1-21-13-16-34(37-20-21)22(2)31-30(39-34)18-29-28-11-9-24-17-25(10-12-26(24)27(28)14-15-33(29,31)3)38-32(36)35-19-23-7-5-4-6-8-23/h4-8,10,12,17,21-22,27-31H,9,11,13-16,18-20H2,1-3H3,(H,35,36)/t21-,22+,27-,28-,29+,30+,31+,33+,34-/m1/s1. The minimum absolute atomic E-state index is 0.332. The molecule has 5 nitrogen and oxygen atoms in total. The fourth-order valence-electron chi connectivity index (χ4n) is 9.55. The summed E-state index contributed by atoms with van der Waals surface area (Å²) in [5.41, 5.74) is 4.23. The van der Waals surface area contributed by atoms with Crippen molar-refractivity contribution in [3.8, 4) is 5.75 Å². The van der Waals surface area contributed by atoms with Gasteiger partial charge >= 0.3 is 6.09 Å². The average molecular weight is 530 g/mol. The summed E-state index contributed by atoms with van der Waals surface area (Å²) in [5, 5.41) is 2.87. The Labute approximate surface area is 233 Å². The number of benzene rings is 2. The number of carbonyl (C=O) groups excluding carboxylic acids is 1. The largest absolute Gasteiger partial charge is 0.412 e. The van der Waals surface area contributed by atoms with E-state index < -0.39 is 6.09 Å². The van der Waals surface area contributed by atoms with Crippen molar-refractivity contribution in [1.82, 2.24) is 5.32 Å². The molecule has 0 unspecified atom stereocenters. The summed E-state index contributed by atoms with van der Waals surface area (Å²) in [5.74, 6) is 4.03. The first kappa shape index (κ1) is 25.6. The Morgan fingerprint density at radius 1 is 1.08 bits per heavy atom. The molecule has 2 aromatic rings. The zero-order chi connectivity index (χ0) is 26.8. The van der Waals surface area contributed by atoms with Crippen LogP contribution in [0.15, 0.2) is 48.5 Å². The second-order valence-electron chi connectivity index (χ2n) is 13.5. The predicted molar refractivity (Wildman–Crippen MR) is 150 cm³/mol. The van der Waals surface area contributed by atoms with Crippen LogP contribution in [-0.2, 0) is 22.4 Å². The van der Waals surface area contributed by atoms with Gasteiger partial charge in [-0.25, -0.2) is 4.79 Å². The molecule has 7 rings (SSSR count). The maximum absolute atomic E-state index is 12.4. The highest BCUT2D eigenvalue weighted by molar-refractivity contribution is 5.70. The van der Waals surface area contributed by atoms with E-state index in [1.807, 2.05) is 36.4 Å². The van der Waals surface area contributed by atoms with Crippen LogP contribution in [0.3, 0.4) is 0 Å². The third-order valence-electron chi connectivity index (χ3n) is 11.5. The number of amides is 1. The summed E-state index contributed by atoms with van der Waals surface area (Å²) < 4.78 is 19.1. The third-order valence-corrected chi connectivity index (χ3v) is 11.5. The Hall–Kier alpha value is -2.37. The highest BCUT2D eigenvalue weighted by Crippen LogP contribution is 2.69. The fraction of sp³-hybridized carbons (Fsp3) is 0.618. The van der Waals surface area contributed by atoms with Crippen molar-refractivity contribution in [3.63, 3.8) is 0 Å². The molecule has 208 valence electrons. The molecule has 0 aromatic heterocycles. The molecule has 2 aliphatic heterocycles. The number of fused-ring (bicyclic) bond motifs is 7. The SMILES string of the molecule is C[C@@H]1CC[C@@]2(OC1)O[C@H]1C[C@H]3[C@@H]4CCc5cc(OC(=O)NCc6ccccc6)ccc5[C@H]4CC[C@]3(C)[C@H]1[C@@H]2C. The van der Waals surface area contributed by atoms with Crippen LogP contribution in [-0.4, -0.2) is 24.6 Å². The normalized spacial score (nSPS) is 40.3. The molecule has 1 spiro atoms. The van der Waals surface area contributed by atoms with Crippen molar-refractivity contribution < 1.29 is 19.0 Å². The van der Waals surface area contributed by atoms with Gasteiger partial charge in [0, 0.05) is 18.9 Å². The monoisotopic (exact) mass is 529 g/mol. The van der Waals surface area contributed by atoms with Crippen molar-refractivity contribution in [2.45, 2.75) is 90.1 Å². The van der Waals surface area contributed by atoms with Gasteiger partial charge in [-0.1, -0.05) is 57.2 Å². The second-order valence-corrected chi connectivity index (χ2v) is 13.5. The first-order valence-electron chi connectivity index (χ1n) is 15.3. The molecule has 39 heavy (non-hydrogen) atoms. The van der Waals surface area contributed by atoms with Crippen LogP contribution in [0.5, 0.6) is 5.75 Å². The number of rotatable bonds is 3. The molecule has 9 atom stereocenters. The van der Waals surface area contributed by atoms with Crippen LogP contribution in [0, 0.1) is 35.0 Å². The van der Waals surface area contributed by atoms with Gasteiger partial charge in [0.1, 0.15) is 5.75 Å². The Morgan fingerprint density at radius 3 is 2.72 bits per heavy atom. The van der Waals surface area contributed by atoms with Crippen molar-refractivity contribution in [2.75, 3.05) is 6.61 Å². The molecule has 3 aliphatic carbocycles. The van der Waals surface area contributed by atoms with E-state index in [4.69, 9.17) is 14.2 Å². The van der Waals surface area contributed by atoms with Gasteiger partial charge in [0.2, 0.25) is 0 Å². The minimum Gasteiger partial charge on any atom is -0.410 e. The first-order chi connectivity index (χ1) is 18.9. The number of carbonyl (C=O) groups is 1. The number of hydrogen-bond acceptors (Lipinski definition) is 4. The Morgan fingerprint density at radius 2 is 1.92 bits per heavy atom. The molecule has 0 radical (unpaired) electrons. The molecule has 2 heterocycles. The lowest BCUT2D eigenvalue weighted by Gasteiger charge is -2.52. The molecule has 5 heteroatoms. The van der Waals surface area contributed by atoms with E-state index >= 15 is 0 Å². The van der Waals surface area contributed by atoms with E-state index in [1.165, 1.54) is 43.2 Å². The molecular formula is C34H43NO4. The van der Waals surface area contributed by atoms with Crippen LogP contribution < -0.4 is 10.1 Å². The summed E-state index contributed by atoms with van der Waals surface area (Å²) in [4.78, 5) is 12.4. The van der Waals surface area contributed by atoms with E-state index in [9.17, 15) is 4.79 Å². The second kappa shape index (κ2) is 9.62. The lowest BCUT2D eigenvalue weighted by molar-refractivity contribution is -0.272. The number of ether oxygens (including phenoxy) is 3. The topological polar surface area (TPSA) is 56.8 Å². The van der Waals surface area contributed by atoms with Gasteiger partial charge in [-0.3, -0.25) is 0 Å². The highest BCUT2D eigenvalue weighted by atomic mass is 16.7. The minimum atomic E-state index is -0.401. The predicted octanol–water partition coefficient (Wildman–Crippen LogP) is 7.24. The maximum atomic E-state index is 12.4. The molecule has 2 aromatic carbocycles. The van der Waals surface area contributed by atoms with Crippen LogP contribution in [0.2, 0.25) is 0 Å². The molecule has 5 aliphatic rings. The lowest BCUT2D eigenvalue weighted by Crippen LogP contribution is -2.48. The molecule has 4 fully saturated rings. The average Bonchev–Trinajstić information content (AvgIpc) is 3.39. The van der Waals surface area contributed by atoms with E-state index in [-0.39, 0.29) is 5.79 Å². The third kappa shape index (κ3) is 4.23. The Kier molecular flexibility index (Phi) is 6.31. The molecule has 2 saturated carbocycles. The summed E-state index contributed by atoms with van der Waals surface area (Å²) in [7, 11) is 0. The van der Waals surface area contributed by atoms with Crippen LogP contribution in [0.25, 0.3) is 0 Å². The van der Waals surface area contributed by atoms with Gasteiger partial charge in [0.15, 0.2) is 5.79 Å². The summed E-state index contributed by atoms with van der Waals surface area (Å²) in [6.45, 7) is 8.61. The highest BCUT2D eigenvalue weighted by Gasteiger charge is 2.67. The number of aryl methyl sites for hydroxylation is 1. The van der Waals surface area contributed by atoms with Gasteiger partial charge in [-0.15, -0.1) is 0 Å². The summed E-state index contributed by atoms with van der Waals surface area (Å²) >= 11 is 0. The summed E-state index contributed by atoms with van der Waals surface area (Å²) in [6.07, 6.45) is 8.17. The first-order valence-corrected chi connectivity index (χ1v) is 15.3. The number of hydrogen-bond donors (Lipinski definition) is 1. The van der Waals surface area contributed by atoms with Crippen molar-refractivity contribution in [2.24, 2.45) is 35.0 Å². The van der Waals surface area contributed by atoms with E-state index in [1.54, 1.807) is 0 Å². The van der Waals surface area contributed by atoms with E-state index in [0.29, 0.717) is 59.3 Å². The van der Waals surface area contributed by atoms with Crippen LogP contribution in [0.4, 0.5) is 4.79 Å². The van der Waals surface area contributed by atoms with Crippen molar-refractivity contribution >= 4 is 6.09 Å². The zero-order valence-electron chi connectivity index (χ0n) is 23.7. The van der Waals surface area contributed by atoms with Crippen LogP contribution in [0.1, 0.15) is 81.9 Å².